The molecule has 3 N–H and O–H groups in total. The molecule has 0 amide bonds. The topological polar surface area (TPSA) is 46.2 Å². The zero-order valence-electron chi connectivity index (χ0n) is 6.80. The molecule has 1 aliphatic carbocycles. The van der Waals surface area contributed by atoms with E-state index in [1.807, 2.05) is 0 Å². The lowest BCUT2D eigenvalue weighted by atomic mass is 10.1. The minimum absolute atomic E-state index is 0.339. The van der Waals surface area contributed by atoms with Crippen LogP contribution in [0.1, 0.15) is 17.2 Å². The number of fused-ring (bicyclic) bond motifs is 1. The van der Waals surface area contributed by atoms with Gasteiger partial charge in [0.25, 0.3) is 0 Å². The van der Waals surface area contributed by atoms with E-state index in [-0.39, 0.29) is 5.82 Å². The molecular weight excluding hydrogens is 237 g/mol. The van der Waals surface area contributed by atoms with E-state index in [9.17, 15) is 9.50 Å². The largest absolute Gasteiger partial charge is 0.391 e. The van der Waals surface area contributed by atoms with Crippen molar-refractivity contribution in [2.45, 2.75) is 18.6 Å². The number of halogens is 2. The number of hydrogen-bond acceptors (Lipinski definition) is 2. The van der Waals surface area contributed by atoms with E-state index in [2.05, 4.69) is 15.9 Å². The zero-order chi connectivity index (χ0) is 9.59. The minimum atomic E-state index is -0.654. The molecule has 2 atom stereocenters. The Morgan fingerprint density at radius 1 is 1.54 bits per heavy atom. The van der Waals surface area contributed by atoms with Gasteiger partial charge in [-0.15, -0.1) is 0 Å². The van der Waals surface area contributed by atoms with Crippen LogP contribution >= 0.6 is 15.9 Å². The molecule has 4 heteroatoms. The molecule has 1 aromatic rings. The average molecular weight is 246 g/mol. The Morgan fingerprint density at radius 2 is 2.23 bits per heavy atom. The van der Waals surface area contributed by atoms with Gasteiger partial charge in [-0.05, 0) is 17.7 Å². The first kappa shape index (κ1) is 9.12. The number of benzene rings is 1. The lowest BCUT2D eigenvalue weighted by Crippen LogP contribution is -2.21. The van der Waals surface area contributed by atoms with Gasteiger partial charge in [-0.1, -0.05) is 15.9 Å². The van der Waals surface area contributed by atoms with Crippen LogP contribution in [0.25, 0.3) is 0 Å². The fourth-order valence-corrected chi connectivity index (χ4v) is 2.20. The van der Waals surface area contributed by atoms with Crippen molar-refractivity contribution in [3.8, 4) is 0 Å². The highest BCUT2D eigenvalue weighted by atomic mass is 79.9. The first-order valence-electron chi connectivity index (χ1n) is 4.01. The summed E-state index contributed by atoms with van der Waals surface area (Å²) in [5, 5.41) is 9.43. The minimum Gasteiger partial charge on any atom is -0.391 e. The Bertz CT molecular complexity index is 356. The summed E-state index contributed by atoms with van der Waals surface area (Å²) in [4.78, 5) is 0. The maximum atomic E-state index is 13.4. The summed E-state index contributed by atoms with van der Waals surface area (Å²) in [6.07, 6.45) is -0.217. The Morgan fingerprint density at radius 3 is 2.92 bits per heavy atom. The van der Waals surface area contributed by atoms with Crippen LogP contribution in [0.5, 0.6) is 0 Å². The number of hydrogen-bond donors (Lipinski definition) is 2. The quantitative estimate of drug-likeness (QED) is 0.728. The van der Waals surface area contributed by atoms with Gasteiger partial charge >= 0.3 is 0 Å². The number of aliphatic hydroxyl groups excluding tert-OH is 1. The van der Waals surface area contributed by atoms with Gasteiger partial charge in [0, 0.05) is 16.5 Å². The number of aliphatic hydroxyl groups is 1. The fraction of sp³-hybridized carbons (Fsp3) is 0.333. The van der Waals surface area contributed by atoms with Crippen LogP contribution in [-0.2, 0) is 6.42 Å². The van der Waals surface area contributed by atoms with Crippen molar-refractivity contribution in [2.24, 2.45) is 5.73 Å². The Kier molecular flexibility index (Phi) is 2.14. The first-order valence-corrected chi connectivity index (χ1v) is 4.80. The van der Waals surface area contributed by atoms with Crippen molar-refractivity contribution in [1.82, 2.24) is 0 Å². The summed E-state index contributed by atoms with van der Waals surface area (Å²) >= 11 is 3.19. The van der Waals surface area contributed by atoms with E-state index >= 15 is 0 Å². The molecule has 0 saturated carbocycles. The van der Waals surface area contributed by atoms with Crippen LogP contribution in [0.4, 0.5) is 4.39 Å². The molecule has 0 aliphatic heterocycles. The van der Waals surface area contributed by atoms with Crippen molar-refractivity contribution in [3.63, 3.8) is 0 Å². The van der Waals surface area contributed by atoms with Crippen molar-refractivity contribution in [1.29, 1.82) is 0 Å². The molecule has 70 valence electrons. The monoisotopic (exact) mass is 245 g/mol. The van der Waals surface area contributed by atoms with Crippen molar-refractivity contribution < 1.29 is 9.50 Å². The molecule has 1 aliphatic rings. The summed E-state index contributed by atoms with van der Waals surface area (Å²) in [7, 11) is 0. The maximum absolute atomic E-state index is 13.4. The number of nitrogens with two attached hydrogens (primary N) is 1. The molecule has 0 unspecified atom stereocenters. The van der Waals surface area contributed by atoms with E-state index in [1.165, 1.54) is 6.07 Å². The van der Waals surface area contributed by atoms with Gasteiger partial charge < -0.3 is 10.8 Å². The Balaban J connectivity index is 2.57. The van der Waals surface area contributed by atoms with Gasteiger partial charge in [0.2, 0.25) is 0 Å². The van der Waals surface area contributed by atoms with Gasteiger partial charge in [0.05, 0.1) is 12.1 Å². The third-order valence-corrected chi connectivity index (χ3v) is 2.81. The third-order valence-electron chi connectivity index (χ3n) is 2.36. The van der Waals surface area contributed by atoms with Gasteiger partial charge in [-0.2, -0.15) is 0 Å². The lowest BCUT2D eigenvalue weighted by molar-refractivity contribution is 0.157. The van der Waals surface area contributed by atoms with E-state index in [0.29, 0.717) is 16.5 Å². The second-order valence-corrected chi connectivity index (χ2v) is 4.17. The molecule has 0 saturated heterocycles. The highest BCUT2D eigenvalue weighted by Crippen LogP contribution is 2.33. The predicted molar refractivity (Wildman–Crippen MR) is 50.7 cm³/mol. The molecule has 1 aromatic carbocycles. The highest BCUT2D eigenvalue weighted by Gasteiger charge is 2.30. The van der Waals surface area contributed by atoms with Crippen LogP contribution in [0.2, 0.25) is 0 Å². The SMILES string of the molecule is N[C@H]1c2c(F)cc(Br)cc2C[C@H]1O. The Hall–Kier alpha value is -0.450. The Labute approximate surface area is 83.7 Å². The molecule has 0 spiro atoms. The van der Waals surface area contributed by atoms with Gasteiger partial charge in [0.1, 0.15) is 5.82 Å². The second-order valence-electron chi connectivity index (χ2n) is 3.26. The second kappa shape index (κ2) is 3.04. The van der Waals surface area contributed by atoms with Crippen molar-refractivity contribution in [2.75, 3.05) is 0 Å². The molecule has 0 bridgehead atoms. The third kappa shape index (κ3) is 1.39. The summed E-state index contributed by atoms with van der Waals surface area (Å²) in [5.74, 6) is -0.339. The zero-order valence-corrected chi connectivity index (χ0v) is 8.38. The number of rotatable bonds is 0. The van der Waals surface area contributed by atoms with E-state index < -0.39 is 12.1 Å². The van der Waals surface area contributed by atoms with Gasteiger partial charge in [-0.25, -0.2) is 4.39 Å². The predicted octanol–water partition coefficient (Wildman–Crippen LogP) is 1.50. The van der Waals surface area contributed by atoms with Crippen molar-refractivity contribution >= 4 is 15.9 Å². The van der Waals surface area contributed by atoms with E-state index in [0.717, 1.165) is 5.56 Å². The average Bonchev–Trinajstić information content (AvgIpc) is 2.27. The van der Waals surface area contributed by atoms with Crippen LogP contribution < -0.4 is 5.73 Å². The molecule has 0 heterocycles. The van der Waals surface area contributed by atoms with Gasteiger partial charge in [-0.3, -0.25) is 0 Å². The van der Waals surface area contributed by atoms with Crippen LogP contribution in [0.15, 0.2) is 16.6 Å². The summed E-state index contributed by atoms with van der Waals surface area (Å²) < 4.78 is 14.0. The smallest absolute Gasteiger partial charge is 0.129 e. The molecular formula is C9H9BrFNO. The van der Waals surface area contributed by atoms with Crippen LogP contribution in [-0.4, -0.2) is 11.2 Å². The fourth-order valence-electron chi connectivity index (χ4n) is 1.72. The molecule has 13 heavy (non-hydrogen) atoms. The maximum Gasteiger partial charge on any atom is 0.129 e. The first-order chi connectivity index (χ1) is 6.09. The lowest BCUT2D eigenvalue weighted by Gasteiger charge is -2.09. The van der Waals surface area contributed by atoms with Crippen LogP contribution in [0.3, 0.4) is 0 Å². The van der Waals surface area contributed by atoms with Crippen LogP contribution in [0, 0.1) is 5.82 Å². The molecule has 0 radical (unpaired) electrons. The molecule has 2 nitrogen and oxygen atoms in total. The molecule has 0 aromatic heterocycles. The molecule has 2 rings (SSSR count). The standard InChI is InChI=1S/C9H9BrFNO/c10-5-1-4-2-7(13)9(12)8(4)6(11)3-5/h1,3,7,9,13H,2,12H2/t7-,9-/m1/s1. The van der Waals surface area contributed by atoms with Crippen molar-refractivity contribution in [3.05, 3.63) is 33.5 Å². The van der Waals surface area contributed by atoms with E-state index in [1.54, 1.807) is 6.07 Å². The van der Waals surface area contributed by atoms with Gasteiger partial charge in [0.15, 0.2) is 0 Å². The normalized spacial score (nSPS) is 26.2. The summed E-state index contributed by atoms with van der Waals surface area (Å²) in [6.45, 7) is 0. The highest BCUT2D eigenvalue weighted by molar-refractivity contribution is 9.10. The van der Waals surface area contributed by atoms with E-state index in [4.69, 9.17) is 5.73 Å². The molecule has 0 fully saturated rings. The summed E-state index contributed by atoms with van der Waals surface area (Å²) in [5.41, 5.74) is 6.89. The summed E-state index contributed by atoms with van der Waals surface area (Å²) in [6, 6.07) is 2.59.